The number of para-hydroxylation sites is 1. The Kier molecular flexibility index (Phi) is 9.24. The highest BCUT2D eigenvalue weighted by Gasteiger charge is 2.23. The van der Waals surface area contributed by atoms with Crippen molar-refractivity contribution in [2.45, 2.75) is 11.8 Å². The first-order valence-corrected chi connectivity index (χ1v) is 13.7. The number of benzene rings is 3. The van der Waals surface area contributed by atoms with Crippen LogP contribution in [0.5, 0.6) is 11.5 Å². The second-order valence-electron chi connectivity index (χ2n) is 7.16. The van der Waals surface area contributed by atoms with Crippen LogP contribution in [-0.4, -0.2) is 25.9 Å². The fourth-order valence-electron chi connectivity index (χ4n) is 2.97. The second-order valence-corrected chi connectivity index (χ2v) is 10.7. The Morgan fingerprint density at radius 2 is 1.89 bits per heavy atom. The van der Waals surface area contributed by atoms with Crippen LogP contribution in [0.25, 0.3) is 6.08 Å². The minimum absolute atomic E-state index is 0.0314. The van der Waals surface area contributed by atoms with Crippen LogP contribution in [-0.2, 0) is 14.9 Å². The summed E-state index contributed by atoms with van der Waals surface area (Å²) in [7, 11) is -4.38. The van der Waals surface area contributed by atoms with Gasteiger partial charge in [0.25, 0.3) is 11.6 Å². The van der Waals surface area contributed by atoms with Gasteiger partial charge in [0.1, 0.15) is 16.5 Å². The van der Waals surface area contributed by atoms with E-state index < -0.39 is 20.9 Å². The lowest BCUT2D eigenvalue weighted by Gasteiger charge is -2.14. The number of hydrogen-bond acceptors (Lipinski definition) is 8. The van der Waals surface area contributed by atoms with E-state index in [1.807, 2.05) is 12.1 Å². The normalized spacial score (nSPS) is 11.4. The molecule has 10 nitrogen and oxygen atoms in total. The topological polar surface area (TPSA) is 149 Å². The number of halogens is 2. The van der Waals surface area contributed by atoms with E-state index in [1.54, 1.807) is 25.1 Å². The maximum absolute atomic E-state index is 12.8. The quantitative estimate of drug-likeness (QED) is 0.0751. The van der Waals surface area contributed by atoms with Gasteiger partial charge in [0, 0.05) is 15.7 Å². The Labute approximate surface area is 234 Å². The zero-order valence-electron chi connectivity index (χ0n) is 19.0. The molecular formula is C24H17BrIN3O7S. The fraction of sp³-hybridized carbons (Fsp3) is 0.0833. The first-order valence-electron chi connectivity index (χ1n) is 10.4. The van der Waals surface area contributed by atoms with Crippen LogP contribution in [0.2, 0.25) is 0 Å². The zero-order valence-corrected chi connectivity index (χ0v) is 23.5. The summed E-state index contributed by atoms with van der Waals surface area (Å²) in [6, 6.07) is 16.0. The fourth-order valence-corrected chi connectivity index (χ4v) is 5.10. The lowest BCUT2D eigenvalue weighted by molar-refractivity contribution is -0.384. The van der Waals surface area contributed by atoms with Gasteiger partial charge in [0.2, 0.25) is 0 Å². The number of ether oxygens (including phenoxy) is 1. The Morgan fingerprint density at radius 3 is 2.49 bits per heavy atom. The van der Waals surface area contributed by atoms with Gasteiger partial charge in [-0.25, -0.2) is 0 Å². The molecule has 13 heteroatoms. The van der Waals surface area contributed by atoms with E-state index in [9.17, 15) is 28.6 Å². The maximum Gasteiger partial charge on any atom is 0.339 e. The minimum Gasteiger partial charge on any atom is -0.490 e. The zero-order chi connectivity index (χ0) is 27.2. The molecule has 190 valence electrons. The third kappa shape index (κ3) is 7.06. The van der Waals surface area contributed by atoms with E-state index in [2.05, 4.69) is 43.8 Å². The third-order valence-corrected chi connectivity index (χ3v) is 7.42. The summed E-state index contributed by atoms with van der Waals surface area (Å²) < 4.78 is 37.4. The predicted molar refractivity (Wildman–Crippen MR) is 148 cm³/mol. The molecule has 3 rings (SSSR count). The van der Waals surface area contributed by atoms with E-state index >= 15 is 0 Å². The molecule has 0 radical (unpaired) electrons. The number of nitro groups is 1. The van der Waals surface area contributed by atoms with Crippen LogP contribution >= 0.6 is 38.5 Å². The summed E-state index contributed by atoms with van der Waals surface area (Å²) in [4.78, 5) is 22.6. The highest BCUT2D eigenvalue weighted by atomic mass is 127. The second kappa shape index (κ2) is 12.2. The largest absolute Gasteiger partial charge is 0.490 e. The number of anilines is 1. The number of carbonyl (C=O) groups is 1. The number of rotatable bonds is 9. The lowest BCUT2D eigenvalue weighted by Crippen LogP contribution is -2.14. The Morgan fingerprint density at radius 1 is 1.22 bits per heavy atom. The van der Waals surface area contributed by atoms with E-state index in [-0.39, 0.29) is 38.7 Å². The summed E-state index contributed by atoms with van der Waals surface area (Å²) in [5, 5.41) is 23.1. The lowest BCUT2D eigenvalue weighted by atomic mass is 10.1. The molecule has 0 atom stereocenters. The minimum atomic E-state index is -4.38. The number of non-ortho nitro benzene ring substituents is 1. The smallest absolute Gasteiger partial charge is 0.339 e. The van der Waals surface area contributed by atoms with Gasteiger partial charge in [-0.3, -0.25) is 14.9 Å². The monoisotopic (exact) mass is 697 g/mol. The highest BCUT2D eigenvalue weighted by Crippen LogP contribution is 2.39. The first kappa shape index (κ1) is 28.1. The van der Waals surface area contributed by atoms with Gasteiger partial charge < -0.3 is 14.2 Å². The molecule has 0 aliphatic rings. The molecule has 0 aromatic heterocycles. The number of carbonyl (C=O) groups excluding carboxylic acids is 1. The van der Waals surface area contributed by atoms with Crippen LogP contribution in [0, 0.1) is 25.0 Å². The number of amides is 1. The van der Waals surface area contributed by atoms with Gasteiger partial charge in [0.05, 0.1) is 21.7 Å². The van der Waals surface area contributed by atoms with Crippen molar-refractivity contribution >= 4 is 72.0 Å². The number of nitro benzene ring substituents is 1. The summed E-state index contributed by atoms with van der Waals surface area (Å²) in [6.45, 7) is 1.84. The van der Waals surface area contributed by atoms with Crippen molar-refractivity contribution in [2.24, 2.45) is 0 Å². The van der Waals surface area contributed by atoms with Gasteiger partial charge in [0.15, 0.2) is 11.5 Å². The average Bonchev–Trinajstić information content (AvgIpc) is 2.86. The molecule has 1 N–H and O–H groups in total. The number of nitrogens with one attached hydrogen (secondary N) is 1. The van der Waals surface area contributed by atoms with Crippen LogP contribution in [0.15, 0.2) is 75.6 Å². The predicted octanol–water partition coefficient (Wildman–Crippen LogP) is 5.67. The SMILES string of the molecule is CCOc1cc(/C=C(/C#N)C(=O)Nc2ccccc2I)cc(Br)c1OS(=O)(=O)c1ccc([N+](=O)[O-])cc1. The van der Waals surface area contributed by atoms with Crippen molar-refractivity contribution in [2.75, 3.05) is 11.9 Å². The molecule has 3 aromatic rings. The molecule has 3 aromatic carbocycles. The summed E-state index contributed by atoms with van der Waals surface area (Å²) >= 11 is 5.32. The van der Waals surface area contributed by atoms with Crippen LogP contribution < -0.4 is 14.2 Å². The Balaban J connectivity index is 1.94. The van der Waals surface area contributed by atoms with Gasteiger partial charge in [-0.05, 0) is 93.5 Å². The van der Waals surface area contributed by atoms with Crippen LogP contribution in [0.4, 0.5) is 11.4 Å². The third-order valence-electron chi connectivity index (χ3n) is 4.66. The molecule has 0 saturated carbocycles. The number of nitriles is 1. The number of hydrogen-bond donors (Lipinski definition) is 1. The number of nitrogens with zero attached hydrogens (tertiary/aromatic N) is 2. The Bertz CT molecular complexity index is 1530. The van der Waals surface area contributed by atoms with E-state index in [0.717, 1.165) is 27.8 Å². The molecule has 1 amide bonds. The molecule has 0 fully saturated rings. The van der Waals surface area contributed by atoms with Crippen LogP contribution in [0.1, 0.15) is 12.5 Å². The van der Waals surface area contributed by atoms with Crippen molar-refractivity contribution in [3.63, 3.8) is 0 Å². The molecular weight excluding hydrogens is 681 g/mol. The summed E-state index contributed by atoms with van der Waals surface area (Å²) in [5.74, 6) is -0.759. The van der Waals surface area contributed by atoms with E-state index in [0.29, 0.717) is 11.3 Å². The van der Waals surface area contributed by atoms with Gasteiger partial charge in [-0.15, -0.1) is 0 Å². The van der Waals surface area contributed by atoms with Crippen molar-refractivity contribution in [1.82, 2.24) is 0 Å². The van der Waals surface area contributed by atoms with E-state index in [1.165, 1.54) is 18.2 Å². The average molecular weight is 698 g/mol. The molecule has 0 bridgehead atoms. The molecule has 37 heavy (non-hydrogen) atoms. The molecule has 0 heterocycles. The maximum atomic E-state index is 12.8. The molecule has 0 aliphatic heterocycles. The highest BCUT2D eigenvalue weighted by molar-refractivity contribution is 14.1. The molecule has 0 aliphatic carbocycles. The standard InChI is InChI=1S/C24H17BrIN3O7S/c1-2-35-22-13-15(11-16(14-27)24(30)28-21-6-4-3-5-20(21)26)12-19(25)23(22)36-37(33,34)18-9-7-17(8-10-18)29(31)32/h3-13H,2H2,1H3,(H,28,30)/b16-11-. The van der Waals surface area contributed by atoms with Crippen molar-refractivity contribution < 1.29 is 27.1 Å². The Hall–Kier alpha value is -3.48. The van der Waals surface area contributed by atoms with Crippen molar-refractivity contribution in [1.29, 1.82) is 5.26 Å². The van der Waals surface area contributed by atoms with E-state index in [4.69, 9.17) is 8.92 Å². The van der Waals surface area contributed by atoms with Gasteiger partial charge in [-0.2, -0.15) is 13.7 Å². The molecule has 0 saturated heterocycles. The summed E-state index contributed by atoms with van der Waals surface area (Å²) in [5.41, 5.74) is 0.447. The molecule has 0 spiro atoms. The summed E-state index contributed by atoms with van der Waals surface area (Å²) in [6.07, 6.45) is 1.33. The molecule has 0 unspecified atom stereocenters. The first-order chi connectivity index (χ1) is 17.6. The van der Waals surface area contributed by atoms with Gasteiger partial charge >= 0.3 is 10.1 Å². The van der Waals surface area contributed by atoms with Gasteiger partial charge in [-0.1, -0.05) is 12.1 Å². The van der Waals surface area contributed by atoms with Crippen LogP contribution in [0.3, 0.4) is 0 Å². The van der Waals surface area contributed by atoms with Crippen molar-refractivity contribution in [3.05, 3.63) is 90.0 Å². The van der Waals surface area contributed by atoms with Crippen molar-refractivity contribution in [3.8, 4) is 17.6 Å².